The molecule has 2 fully saturated rings. The molecule has 2 aromatic carbocycles. The van der Waals surface area contributed by atoms with Crippen molar-refractivity contribution in [3.63, 3.8) is 0 Å². The first-order valence-corrected chi connectivity index (χ1v) is 8.64. The van der Waals surface area contributed by atoms with Gasteiger partial charge in [-0.2, -0.15) is 0 Å². The number of carbonyl (C=O) groups excluding carboxylic acids is 2. The van der Waals surface area contributed by atoms with Crippen molar-refractivity contribution in [3.05, 3.63) is 60.2 Å². The Hall–Kier alpha value is -2.66. The second-order valence-electron chi connectivity index (χ2n) is 6.62. The van der Waals surface area contributed by atoms with Gasteiger partial charge in [0.15, 0.2) is 0 Å². The molecule has 0 spiro atoms. The zero-order valence-corrected chi connectivity index (χ0v) is 14.0. The molecule has 4 rings (SSSR count). The number of hydrogen-bond donors (Lipinski definition) is 1. The van der Waals surface area contributed by atoms with E-state index in [-0.39, 0.29) is 24.4 Å². The maximum Gasteiger partial charge on any atom is 0.244 e. The molecule has 2 saturated heterocycles. The van der Waals surface area contributed by atoms with Crippen LogP contribution < -0.4 is 5.32 Å². The zero-order chi connectivity index (χ0) is 17.2. The lowest BCUT2D eigenvalue weighted by Gasteiger charge is -2.43. The minimum Gasteiger partial charge on any atom is -0.345 e. The monoisotopic (exact) mass is 335 g/mol. The highest BCUT2D eigenvalue weighted by molar-refractivity contribution is 5.95. The molecule has 0 aromatic heterocycles. The number of nitrogens with zero attached hydrogens (tertiary/aromatic N) is 2. The predicted octanol–water partition coefficient (Wildman–Crippen LogP) is 1.50. The van der Waals surface area contributed by atoms with E-state index in [0.717, 1.165) is 13.1 Å². The van der Waals surface area contributed by atoms with Crippen LogP contribution in [-0.2, 0) is 16.1 Å². The number of benzene rings is 2. The van der Waals surface area contributed by atoms with Crippen LogP contribution in [0.5, 0.6) is 0 Å². The first-order valence-electron chi connectivity index (χ1n) is 8.64. The van der Waals surface area contributed by atoms with Gasteiger partial charge in [-0.25, -0.2) is 0 Å². The summed E-state index contributed by atoms with van der Waals surface area (Å²) in [7, 11) is 0. The molecule has 0 radical (unpaired) electrons. The molecule has 2 aromatic rings. The van der Waals surface area contributed by atoms with Gasteiger partial charge in [0.1, 0.15) is 6.04 Å². The van der Waals surface area contributed by atoms with E-state index >= 15 is 0 Å². The van der Waals surface area contributed by atoms with Gasteiger partial charge in [0.2, 0.25) is 11.8 Å². The first-order chi connectivity index (χ1) is 12.2. The van der Waals surface area contributed by atoms with E-state index in [9.17, 15) is 9.59 Å². The summed E-state index contributed by atoms with van der Waals surface area (Å²) < 4.78 is 0. The Labute approximate surface area is 147 Å². The lowest BCUT2D eigenvalue weighted by atomic mass is 10.0. The van der Waals surface area contributed by atoms with Crippen molar-refractivity contribution < 1.29 is 9.59 Å². The van der Waals surface area contributed by atoms with E-state index < -0.39 is 0 Å². The summed E-state index contributed by atoms with van der Waals surface area (Å²) in [5.74, 6) is -0.0161. The van der Waals surface area contributed by atoms with Crippen LogP contribution in [-0.4, -0.2) is 53.8 Å². The molecule has 25 heavy (non-hydrogen) atoms. The van der Waals surface area contributed by atoms with Crippen LogP contribution >= 0.6 is 0 Å². The molecule has 0 saturated carbocycles. The number of nitrogens with one attached hydrogen (secondary N) is 1. The minimum absolute atomic E-state index is 0.0234. The van der Waals surface area contributed by atoms with Crippen molar-refractivity contribution in [2.24, 2.45) is 0 Å². The van der Waals surface area contributed by atoms with E-state index in [2.05, 4.69) is 46.6 Å². The highest BCUT2D eigenvalue weighted by Gasteiger charge is 2.38. The van der Waals surface area contributed by atoms with Gasteiger partial charge in [0.25, 0.3) is 0 Å². The summed E-state index contributed by atoms with van der Waals surface area (Å²) in [5.41, 5.74) is 3.62. The minimum atomic E-state index is -0.354. The van der Waals surface area contributed by atoms with Gasteiger partial charge in [0, 0.05) is 26.2 Å². The molecule has 2 heterocycles. The Kier molecular flexibility index (Phi) is 4.24. The molecule has 5 heteroatoms. The number of piperazine rings is 2. The molecular formula is C20H21N3O2. The molecular weight excluding hydrogens is 314 g/mol. The average molecular weight is 335 g/mol. The van der Waals surface area contributed by atoms with Gasteiger partial charge < -0.3 is 10.2 Å². The van der Waals surface area contributed by atoms with Gasteiger partial charge in [-0.05, 0) is 22.8 Å². The summed E-state index contributed by atoms with van der Waals surface area (Å²) >= 11 is 0. The summed E-state index contributed by atoms with van der Waals surface area (Å²) in [5, 5.41) is 2.69. The van der Waals surface area contributed by atoms with Crippen LogP contribution in [0.25, 0.3) is 11.1 Å². The lowest BCUT2D eigenvalue weighted by molar-refractivity contribution is -0.149. The number of fused-ring (bicyclic) bond motifs is 1. The Morgan fingerprint density at radius 3 is 2.60 bits per heavy atom. The molecule has 0 bridgehead atoms. The first kappa shape index (κ1) is 15.8. The van der Waals surface area contributed by atoms with Crippen LogP contribution in [0.4, 0.5) is 0 Å². The fraction of sp³-hybridized carbons (Fsp3) is 0.300. The summed E-state index contributed by atoms with van der Waals surface area (Å²) in [6, 6.07) is 18.5. The molecule has 1 N–H and O–H groups in total. The third-order valence-electron chi connectivity index (χ3n) is 4.94. The van der Waals surface area contributed by atoms with Crippen molar-refractivity contribution in [1.82, 2.24) is 15.1 Å². The third-order valence-corrected chi connectivity index (χ3v) is 4.94. The quantitative estimate of drug-likeness (QED) is 0.925. The highest BCUT2D eigenvalue weighted by atomic mass is 16.2. The van der Waals surface area contributed by atoms with Crippen molar-refractivity contribution in [3.8, 4) is 11.1 Å². The molecule has 0 aliphatic carbocycles. The van der Waals surface area contributed by atoms with E-state index in [4.69, 9.17) is 0 Å². The Bertz CT molecular complexity index is 791. The maximum atomic E-state index is 12.1. The topological polar surface area (TPSA) is 52.7 Å². The largest absolute Gasteiger partial charge is 0.345 e. The Morgan fingerprint density at radius 1 is 0.960 bits per heavy atom. The summed E-state index contributed by atoms with van der Waals surface area (Å²) in [6.45, 7) is 2.93. The van der Waals surface area contributed by atoms with Gasteiger partial charge >= 0.3 is 0 Å². The van der Waals surface area contributed by atoms with E-state index in [1.807, 2.05) is 18.2 Å². The number of rotatable bonds is 3. The predicted molar refractivity (Wildman–Crippen MR) is 95.7 cm³/mol. The molecule has 2 aliphatic heterocycles. The van der Waals surface area contributed by atoms with Crippen molar-refractivity contribution in [2.45, 2.75) is 12.6 Å². The van der Waals surface area contributed by atoms with Crippen LogP contribution in [0, 0.1) is 0 Å². The fourth-order valence-electron chi connectivity index (χ4n) is 3.63. The van der Waals surface area contributed by atoms with Crippen molar-refractivity contribution >= 4 is 11.8 Å². The van der Waals surface area contributed by atoms with Crippen LogP contribution in [0.2, 0.25) is 0 Å². The summed E-state index contributed by atoms with van der Waals surface area (Å²) in [6.07, 6.45) is 0. The van der Waals surface area contributed by atoms with Crippen molar-refractivity contribution in [1.29, 1.82) is 0 Å². The lowest BCUT2D eigenvalue weighted by Crippen LogP contribution is -2.65. The van der Waals surface area contributed by atoms with Gasteiger partial charge in [-0.1, -0.05) is 48.5 Å². The van der Waals surface area contributed by atoms with Crippen LogP contribution in [0.3, 0.4) is 0 Å². The highest BCUT2D eigenvalue weighted by Crippen LogP contribution is 2.22. The number of carbonyl (C=O) groups is 2. The molecule has 1 unspecified atom stereocenters. The Balaban J connectivity index is 1.48. The van der Waals surface area contributed by atoms with Crippen LogP contribution in [0.15, 0.2) is 54.6 Å². The normalized spacial score (nSPS) is 21.0. The van der Waals surface area contributed by atoms with Crippen LogP contribution in [0.1, 0.15) is 5.56 Å². The Morgan fingerprint density at radius 2 is 1.76 bits per heavy atom. The van der Waals surface area contributed by atoms with E-state index in [0.29, 0.717) is 13.1 Å². The second-order valence-corrected chi connectivity index (χ2v) is 6.62. The zero-order valence-electron chi connectivity index (χ0n) is 14.0. The molecule has 2 amide bonds. The molecule has 1 atom stereocenters. The fourth-order valence-corrected chi connectivity index (χ4v) is 3.63. The third kappa shape index (κ3) is 3.28. The molecule has 128 valence electrons. The number of amides is 2. The van der Waals surface area contributed by atoms with E-state index in [1.165, 1.54) is 16.7 Å². The average Bonchev–Trinajstić information content (AvgIpc) is 2.66. The summed E-state index contributed by atoms with van der Waals surface area (Å²) in [4.78, 5) is 28.0. The standard InChI is InChI=1S/C20H21N3O2/c24-19-12-21-20(25)18-14-22(9-10-23(18)19)13-15-5-4-8-17(11-15)16-6-2-1-3-7-16/h1-8,11,18H,9-10,12-14H2,(H,21,25). The SMILES string of the molecule is O=C1NCC(=O)N2CCN(Cc3cccc(-c4ccccc4)c3)CC12. The maximum absolute atomic E-state index is 12.1. The molecule has 5 nitrogen and oxygen atoms in total. The smallest absolute Gasteiger partial charge is 0.244 e. The van der Waals surface area contributed by atoms with Gasteiger partial charge in [-0.15, -0.1) is 0 Å². The molecule has 2 aliphatic rings. The van der Waals surface area contributed by atoms with E-state index in [1.54, 1.807) is 4.90 Å². The second kappa shape index (κ2) is 6.69. The van der Waals surface area contributed by atoms with Gasteiger partial charge in [-0.3, -0.25) is 14.5 Å². The van der Waals surface area contributed by atoms with Gasteiger partial charge in [0.05, 0.1) is 6.54 Å². The van der Waals surface area contributed by atoms with Crippen molar-refractivity contribution in [2.75, 3.05) is 26.2 Å². The number of hydrogen-bond acceptors (Lipinski definition) is 3.